The summed E-state index contributed by atoms with van der Waals surface area (Å²) in [7, 11) is 1.85. The molecule has 2 rings (SSSR count). The van der Waals surface area contributed by atoms with Crippen molar-refractivity contribution in [1.82, 2.24) is 4.57 Å². The molecule has 0 radical (unpaired) electrons. The van der Waals surface area contributed by atoms with Crippen molar-refractivity contribution in [2.45, 2.75) is 13.5 Å². The van der Waals surface area contributed by atoms with Gasteiger partial charge in [-0.05, 0) is 18.6 Å². The highest BCUT2D eigenvalue weighted by molar-refractivity contribution is 5.85. The molecule has 0 aliphatic carbocycles. The predicted molar refractivity (Wildman–Crippen MR) is 55.5 cm³/mol. The van der Waals surface area contributed by atoms with Gasteiger partial charge in [-0.25, -0.2) is 4.39 Å². The second-order valence-electron chi connectivity index (χ2n) is 3.47. The number of nitrogens with two attached hydrogens (primary N) is 1. The minimum absolute atomic E-state index is 0.187. The number of hydrogen-bond donors (Lipinski definition) is 1. The molecule has 0 aliphatic rings. The molecule has 0 saturated heterocycles. The molecule has 0 fully saturated rings. The van der Waals surface area contributed by atoms with Gasteiger partial charge in [0.05, 0.1) is 5.52 Å². The van der Waals surface area contributed by atoms with Crippen molar-refractivity contribution >= 4 is 10.9 Å². The minimum atomic E-state index is -0.187. The molecule has 0 amide bonds. The highest BCUT2D eigenvalue weighted by Crippen LogP contribution is 2.26. The van der Waals surface area contributed by atoms with Crippen LogP contribution in [0.2, 0.25) is 0 Å². The number of benzene rings is 1. The van der Waals surface area contributed by atoms with Crippen LogP contribution in [0.5, 0.6) is 0 Å². The van der Waals surface area contributed by atoms with Gasteiger partial charge in [0.1, 0.15) is 5.82 Å². The average molecular weight is 192 g/mol. The molecule has 0 atom stereocenters. The topological polar surface area (TPSA) is 30.9 Å². The van der Waals surface area contributed by atoms with Crippen LogP contribution in [-0.4, -0.2) is 4.57 Å². The maximum atomic E-state index is 13.5. The highest BCUT2D eigenvalue weighted by Gasteiger charge is 2.12. The fraction of sp³-hybridized carbons (Fsp3) is 0.273. The van der Waals surface area contributed by atoms with Gasteiger partial charge < -0.3 is 10.3 Å². The van der Waals surface area contributed by atoms with E-state index in [2.05, 4.69) is 0 Å². The number of rotatable bonds is 1. The number of fused-ring (bicyclic) bond motifs is 1. The summed E-state index contributed by atoms with van der Waals surface area (Å²) in [6.07, 6.45) is 0. The van der Waals surface area contributed by atoms with Crippen molar-refractivity contribution in [3.05, 3.63) is 35.3 Å². The highest BCUT2D eigenvalue weighted by atomic mass is 19.1. The number of para-hydroxylation sites is 1. The first-order valence-corrected chi connectivity index (χ1v) is 4.59. The van der Waals surface area contributed by atoms with Gasteiger partial charge in [0, 0.05) is 24.7 Å². The van der Waals surface area contributed by atoms with Crippen LogP contribution in [0, 0.1) is 12.7 Å². The third-order valence-corrected chi connectivity index (χ3v) is 2.76. The molecule has 0 saturated carbocycles. The van der Waals surface area contributed by atoms with E-state index in [0.29, 0.717) is 12.1 Å². The molecule has 1 aromatic carbocycles. The zero-order chi connectivity index (χ0) is 10.3. The summed E-state index contributed by atoms with van der Waals surface area (Å²) < 4.78 is 15.3. The quantitative estimate of drug-likeness (QED) is 0.736. The van der Waals surface area contributed by atoms with Crippen molar-refractivity contribution in [3.8, 4) is 0 Å². The van der Waals surface area contributed by atoms with E-state index in [0.717, 1.165) is 16.6 Å². The Morgan fingerprint density at radius 2 is 2.14 bits per heavy atom. The summed E-state index contributed by atoms with van der Waals surface area (Å²) in [5.74, 6) is -0.187. The molecule has 2 N–H and O–H groups in total. The smallest absolute Gasteiger partial charge is 0.147 e. The van der Waals surface area contributed by atoms with Crippen LogP contribution >= 0.6 is 0 Å². The summed E-state index contributed by atoms with van der Waals surface area (Å²) in [4.78, 5) is 0. The third-order valence-electron chi connectivity index (χ3n) is 2.76. The maximum Gasteiger partial charge on any atom is 0.147 e. The zero-order valence-corrected chi connectivity index (χ0v) is 8.34. The Kier molecular flexibility index (Phi) is 2.04. The minimum Gasteiger partial charge on any atom is -0.344 e. The summed E-state index contributed by atoms with van der Waals surface area (Å²) in [5.41, 5.74) is 8.33. The van der Waals surface area contributed by atoms with Gasteiger partial charge in [0.25, 0.3) is 0 Å². The summed E-state index contributed by atoms with van der Waals surface area (Å²) in [6.45, 7) is 2.42. The maximum absolute atomic E-state index is 13.5. The lowest BCUT2D eigenvalue weighted by Gasteiger charge is -2.01. The van der Waals surface area contributed by atoms with Gasteiger partial charge in [-0.3, -0.25) is 0 Å². The van der Waals surface area contributed by atoms with Crippen molar-refractivity contribution in [2.75, 3.05) is 0 Å². The number of nitrogens with zero attached hydrogens (tertiary/aromatic N) is 1. The van der Waals surface area contributed by atoms with E-state index in [9.17, 15) is 4.39 Å². The summed E-state index contributed by atoms with van der Waals surface area (Å²) in [5, 5.41) is 0.952. The van der Waals surface area contributed by atoms with E-state index >= 15 is 0 Å². The van der Waals surface area contributed by atoms with E-state index in [1.54, 1.807) is 6.07 Å². The fourth-order valence-corrected chi connectivity index (χ4v) is 1.99. The lowest BCUT2D eigenvalue weighted by molar-refractivity contribution is 0.630. The van der Waals surface area contributed by atoms with Crippen molar-refractivity contribution in [1.29, 1.82) is 0 Å². The zero-order valence-electron chi connectivity index (χ0n) is 8.34. The van der Waals surface area contributed by atoms with E-state index in [4.69, 9.17) is 5.73 Å². The van der Waals surface area contributed by atoms with Gasteiger partial charge in [-0.1, -0.05) is 12.1 Å². The van der Waals surface area contributed by atoms with Gasteiger partial charge in [0.2, 0.25) is 0 Å². The Morgan fingerprint density at radius 3 is 2.71 bits per heavy atom. The Bertz CT molecular complexity index is 485. The first-order valence-electron chi connectivity index (χ1n) is 4.59. The van der Waals surface area contributed by atoms with Gasteiger partial charge >= 0.3 is 0 Å². The fourth-order valence-electron chi connectivity index (χ4n) is 1.99. The van der Waals surface area contributed by atoms with Crippen LogP contribution in [0.4, 0.5) is 4.39 Å². The molecule has 0 aliphatic heterocycles. The van der Waals surface area contributed by atoms with E-state index < -0.39 is 0 Å². The van der Waals surface area contributed by atoms with Crippen molar-refractivity contribution < 1.29 is 4.39 Å². The van der Waals surface area contributed by atoms with Gasteiger partial charge in [0.15, 0.2) is 0 Å². The molecule has 1 aromatic heterocycles. The van der Waals surface area contributed by atoms with Crippen LogP contribution in [0.25, 0.3) is 10.9 Å². The van der Waals surface area contributed by atoms with E-state index in [1.165, 1.54) is 6.07 Å². The average Bonchev–Trinajstić information content (AvgIpc) is 2.41. The van der Waals surface area contributed by atoms with Crippen LogP contribution < -0.4 is 5.73 Å². The van der Waals surface area contributed by atoms with Crippen LogP contribution in [0.3, 0.4) is 0 Å². The molecule has 0 spiro atoms. The number of hydrogen-bond acceptors (Lipinski definition) is 1. The Labute approximate surface area is 82.1 Å². The number of aryl methyl sites for hydroxylation is 2. The second kappa shape index (κ2) is 3.10. The van der Waals surface area contributed by atoms with Crippen LogP contribution in [0.15, 0.2) is 18.2 Å². The second-order valence-corrected chi connectivity index (χ2v) is 3.47. The standard InChI is InChI=1S/C11H13FN2/c1-7-8-4-3-5-9(12)11(8)14(2)10(7)6-13/h3-5H,6,13H2,1-2H3. The van der Waals surface area contributed by atoms with Crippen molar-refractivity contribution in [2.24, 2.45) is 12.8 Å². The molecule has 14 heavy (non-hydrogen) atoms. The number of halogens is 1. The molecular formula is C11H13FN2. The molecular weight excluding hydrogens is 179 g/mol. The van der Waals surface area contributed by atoms with Crippen molar-refractivity contribution in [3.63, 3.8) is 0 Å². The van der Waals surface area contributed by atoms with E-state index in [-0.39, 0.29) is 5.82 Å². The Hall–Kier alpha value is -1.35. The summed E-state index contributed by atoms with van der Waals surface area (Å²) in [6, 6.07) is 5.12. The third kappa shape index (κ3) is 1.06. The van der Waals surface area contributed by atoms with E-state index in [1.807, 2.05) is 24.6 Å². The first kappa shape index (κ1) is 9.21. The molecule has 1 heterocycles. The monoisotopic (exact) mass is 192 g/mol. The summed E-state index contributed by atoms with van der Waals surface area (Å²) >= 11 is 0. The predicted octanol–water partition coefficient (Wildman–Crippen LogP) is 2.08. The molecule has 3 heteroatoms. The van der Waals surface area contributed by atoms with Gasteiger partial charge in [-0.2, -0.15) is 0 Å². The lowest BCUT2D eigenvalue weighted by atomic mass is 10.1. The van der Waals surface area contributed by atoms with Crippen LogP contribution in [0.1, 0.15) is 11.3 Å². The number of aromatic nitrogens is 1. The van der Waals surface area contributed by atoms with Crippen LogP contribution in [-0.2, 0) is 13.6 Å². The largest absolute Gasteiger partial charge is 0.344 e. The molecule has 0 unspecified atom stereocenters. The first-order chi connectivity index (χ1) is 6.66. The Morgan fingerprint density at radius 1 is 1.43 bits per heavy atom. The molecule has 2 nitrogen and oxygen atoms in total. The lowest BCUT2D eigenvalue weighted by Crippen LogP contribution is -2.04. The van der Waals surface area contributed by atoms with Gasteiger partial charge in [-0.15, -0.1) is 0 Å². The molecule has 2 aromatic rings. The molecule has 74 valence electrons. The normalized spacial score (nSPS) is 11.1. The Balaban J connectivity index is 2.94. The molecule has 0 bridgehead atoms. The SMILES string of the molecule is Cc1c(CN)n(C)c2c(F)cccc12.